The lowest BCUT2D eigenvalue weighted by atomic mass is 10.0. The Kier molecular flexibility index (Phi) is 5.12. The van der Waals surface area contributed by atoms with Crippen LogP contribution in [0.3, 0.4) is 0 Å². The molecule has 0 aliphatic rings. The highest BCUT2D eigenvalue weighted by Gasteiger charge is 2.23. The van der Waals surface area contributed by atoms with Gasteiger partial charge in [-0.3, -0.25) is 4.79 Å². The summed E-state index contributed by atoms with van der Waals surface area (Å²) in [7, 11) is 0. The summed E-state index contributed by atoms with van der Waals surface area (Å²) < 4.78 is 1.82. The molecule has 3 aromatic rings. The Morgan fingerprint density at radius 3 is 2.59 bits per heavy atom. The number of carboxylic acid groups (broad SMARTS) is 1. The lowest BCUT2D eigenvalue weighted by Crippen LogP contribution is -2.44. The van der Waals surface area contributed by atoms with E-state index in [4.69, 9.17) is 4.98 Å². The summed E-state index contributed by atoms with van der Waals surface area (Å²) in [5, 5.41) is 17.4. The molecule has 2 N–H and O–H groups in total. The Morgan fingerprint density at radius 1 is 1.22 bits per heavy atom. The van der Waals surface area contributed by atoms with Gasteiger partial charge in [0.1, 0.15) is 6.04 Å². The highest BCUT2D eigenvalue weighted by Crippen LogP contribution is 2.22. The molecule has 0 fully saturated rings. The van der Waals surface area contributed by atoms with Gasteiger partial charge in [0.2, 0.25) is 5.91 Å². The van der Waals surface area contributed by atoms with Gasteiger partial charge in [-0.1, -0.05) is 26.0 Å². The lowest BCUT2D eigenvalue weighted by molar-refractivity contribution is -0.143. The first kappa shape index (κ1) is 18.8. The molecule has 7 nitrogen and oxygen atoms in total. The Balaban J connectivity index is 1.84. The predicted octanol–water partition coefficient (Wildman–Crippen LogP) is 2.66. The Bertz CT molecular complexity index is 1020. The molecule has 2 aromatic heterocycles. The predicted molar refractivity (Wildman–Crippen MR) is 103 cm³/mol. The van der Waals surface area contributed by atoms with E-state index in [1.54, 1.807) is 13.8 Å². The molecule has 1 unspecified atom stereocenters. The van der Waals surface area contributed by atoms with Crippen molar-refractivity contribution in [2.24, 2.45) is 5.92 Å². The molecular formula is C20H24N4O3. The van der Waals surface area contributed by atoms with Crippen molar-refractivity contribution in [2.75, 3.05) is 0 Å². The summed E-state index contributed by atoms with van der Waals surface area (Å²) in [6.07, 6.45) is 0.680. The fourth-order valence-corrected chi connectivity index (χ4v) is 3.34. The molecule has 1 amide bonds. The van der Waals surface area contributed by atoms with Gasteiger partial charge < -0.3 is 10.4 Å². The van der Waals surface area contributed by atoms with Crippen molar-refractivity contribution >= 4 is 28.4 Å². The second-order valence-electron chi connectivity index (χ2n) is 7.14. The van der Waals surface area contributed by atoms with E-state index in [0.717, 1.165) is 33.5 Å². The number of hydrogen-bond acceptors (Lipinski definition) is 4. The van der Waals surface area contributed by atoms with Crippen LogP contribution in [-0.4, -0.2) is 37.6 Å². The number of amides is 1. The van der Waals surface area contributed by atoms with Gasteiger partial charge in [0.15, 0.2) is 5.65 Å². The maximum Gasteiger partial charge on any atom is 0.326 e. The molecule has 1 aromatic carbocycles. The highest BCUT2D eigenvalue weighted by atomic mass is 16.4. The standard InChI is InChI=1S/C20H24N4O3/c1-11(2)18(20(26)27)22-17(25)10-9-14-12(3)21-19-15-7-5-6-8-16(15)23-24(19)13(14)4/h5-8,11,18H,9-10H2,1-4H3,(H,22,25)(H,26,27). The zero-order valence-corrected chi connectivity index (χ0v) is 16.0. The van der Waals surface area contributed by atoms with Crippen LogP contribution in [0.5, 0.6) is 0 Å². The summed E-state index contributed by atoms with van der Waals surface area (Å²) in [6.45, 7) is 7.44. The molecule has 142 valence electrons. The number of aliphatic carboxylic acids is 1. The molecule has 0 saturated heterocycles. The van der Waals surface area contributed by atoms with Crippen molar-refractivity contribution in [1.29, 1.82) is 0 Å². The fourth-order valence-electron chi connectivity index (χ4n) is 3.34. The molecule has 0 aliphatic heterocycles. The maximum atomic E-state index is 12.2. The molecule has 0 aliphatic carbocycles. The Labute approximate surface area is 157 Å². The van der Waals surface area contributed by atoms with Crippen molar-refractivity contribution in [3.8, 4) is 0 Å². The van der Waals surface area contributed by atoms with Crippen LogP contribution in [0.1, 0.15) is 37.2 Å². The first-order valence-corrected chi connectivity index (χ1v) is 9.05. The molecular weight excluding hydrogens is 344 g/mol. The van der Waals surface area contributed by atoms with Crippen LogP contribution in [0.2, 0.25) is 0 Å². The summed E-state index contributed by atoms with van der Waals surface area (Å²) in [6, 6.07) is 6.97. The summed E-state index contributed by atoms with van der Waals surface area (Å²) in [5.74, 6) is -1.47. The molecule has 0 spiro atoms. The number of carboxylic acids is 1. The third kappa shape index (κ3) is 3.63. The average Bonchev–Trinajstić information content (AvgIpc) is 2.98. The highest BCUT2D eigenvalue weighted by molar-refractivity contribution is 5.92. The second-order valence-corrected chi connectivity index (χ2v) is 7.14. The van der Waals surface area contributed by atoms with Crippen molar-refractivity contribution in [1.82, 2.24) is 19.9 Å². The molecule has 1 atom stereocenters. The number of rotatable bonds is 6. The van der Waals surface area contributed by atoms with Crippen molar-refractivity contribution < 1.29 is 14.7 Å². The lowest BCUT2D eigenvalue weighted by Gasteiger charge is -2.18. The fraction of sp³-hybridized carbons (Fsp3) is 0.400. The summed E-state index contributed by atoms with van der Waals surface area (Å²) >= 11 is 0. The van der Waals surface area contributed by atoms with Crippen LogP contribution < -0.4 is 5.32 Å². The number of nitrogens with zero attached hydrogens (tertiary/aromatic N) is 3. The van der Waals surface area contributed by atoms with Gasteiger partial charge in [0.05, 0.1) is 5.52 Å². The van der Waals surface area contributed by atoms with Crippen molar-refractivity contribution in [3.05, 3.63) is 41.2 Å². The van der Waals surface area contributed by atoms with E-state index < -0.39 is 12.0 Å². The topological polar surface area (TPSA) is 96.6 Å². The largest absolute Gasteiger partial charge is 0.480 e. The minimum Gasteiger partial charge on any atom is -0.480 e. The number of benzene rings is 1. The summed E-state index contributed by atoms with van der Waals surface area (Å²) in [5.41, 5.74) is 4.45. The number of nitrogens with one attached hydrogen (secondary N) is 1. The normalized spacial score (nSPS) is 12.6. The van der Waals surface area contributed by atoms with E-state index >= 15 is 0 Å². The minimum absolute atomic E-state index is 0.176. The quantitative estimate of drug-likeness (QED) is 0.697. The SMILES string of the molecule is Cc1nc2c3ccccc3nn2c(C)c1CCC(=O)NC(C(=O)O)C(C)C. The molecule has 27 heavy (non-hydrogen) atoms. The number of aryl methyl sites for hydroxylation is 2. The third-order valence-electron chi connectivity index (χ3n) is 4.87. The van der Waals surface area contributed by atoms with Gasteiger partial charge in [-0.15, -0.1) is 0 Å². The first-order valence-electron chi connectivity index (χ1n) is 9.05. The van der Waals surface area contributed by atoms with Crippen molar-refractivity contribution in [3.63, 3.8) is 0 Å². The van der Waals surface area contributed by atoms with Gasteiger partial charge in [0, 0.05) is 23.2 Å². The Hall–Kier alpha value is -2.96. The third-order valence-corrected chi connectivity index (χ3v) is 4.87. The average molecular weight is 368 g/mol. The molecule has 3 rings (SSSR count). The smallest absolute Gasteiger partial charge is 0.326 e. The second kappa shape index (κ2) is 7.34. The van der Waals surface area contributed by atoms with Gasteiger partial charge in [-0.2, -0.15) is 5.10 Å². The first-order chi connectivity index (χ1) is 12.8. The minimum atomic E-state index is -1.02. The molecule has 7 heteroatoms. The number of hydrogen-bond donors (Lipinski definition) is 2. The van der Waals surface area contributed by atoms with Crippen LogP contribution in [-0.2, 0) is 16.0 Å². The zero-order chi connectivity index (χ0) is 19.7. The van der Waals surface area contributed by atoms with Crippen molar-refractivity contribution in [2.45, 2.75) is 46.6 Å². The molecule has 0 radical (unpaired) electrons. The van der Waals surface area contributed by atoms with E-state index in [9.17, 15) is 14.7 Å². The van der Waals surface area contributed by atoms with E-state index in [-0.39, 0.29) is 18.2 Å². The maximum absolute atomic E-state index is 12.2. The monoisotopic (exact) mass is 368 g/mol. The van der Waals surface area contributed by atoms with Gasteiger partial charge in [-0.25, -0.2) is 14.3 Å². The number of carbonyl (C=O) groups excluding carboxylic acids is 1. The van der Waals surface area contributed by atoms with E-state index in [0.29, 0.717) is 6.42 Å². The molecule has 0 bridgehead atoms. The van der Waals surface area contributed by atoms with Gasteiger partial charge >= 0.3 is 5.97 Å². The number of fused-ring (bicyclic) bond motifs is 3. The number of carbonyl (C=O) groups is 2. The van der Waals surface area contributed by atoms with Crippen LogP contribution >= 0.6 is 0 Å². The van der Waals surface area contributed by atoms with E-state index in [1.165, 1.54) is 0 Å². The molecule has 2 heterocycles. The Morgan fingerprint density at radius 2 is 1.93 bits per heavy atom. The van der Waals surface area contributed by atoms with Crippen LogP contribution in [0.15, 0.2) is 24.3 Å². The van der Waals surface area contributed by atoms with Crippen LogP contribution in [0.4, 0.5) is 0 Å². The van der Waals surface area contributed by atoms with E-state index in [1.807, 2.05) is 42.6 Å². The van der Waals surface area contributed by atoms with E-state index in [2.05, 4.69) is 10.4 Å². The number of aromatic nitrogens is 3. The van der Waals surface area contributed by atoms with Gasteiger partial charge in [0.25, 0.3) is 0 Å². The van der Waals surface area contributed by atoms with Gasteiger partial charge in [-0.05, 0) is 43.9 Å². The van der Waals surface area contributed by atoms with Crippen LogP contribution in [0, 0.1) is 19.8 Å². The zero-order valence-electron chi connectivity index (χ0n) is 16.0. The molecule has 0 saturated carbocycles. The summed E-state index contributed by atoms with van der Waals surface area (Å²) in [4.78, 5) is 28.2. The van der Waals surface area contributed by atoms with Crippen LogP contribution in [0.25, 0.3) is 16.6 Å².